The van der Waals surface area contributed by atoms with Crippen LogP contribution in [0.4, 0.5) is 0 Å². The van der Waals surface area contributed by atoms with Crippen LogP contribution in [0.25, 0.3) is 0 Å². The normalized spacial score (nSPS) is 53.6. The van der Waals surface area contributed by atoms with E-state index in [0.29, 0.717) is 10.3 Å². The first-order valence-electron chi connectivity index (χ1n) is 7.98. The van der Waals surface area contributed by atoms with Crippen LogP contribution in [0.15, 0.2) is 0 Å². The van der Waals surface area contributed by atoms with Gasteiger partial charge in [0.05, 0.1) is 0 Å². The summed E-state index contributed by atoms with van der Waals surface area (Å²) in [6, 6.07) is 0. The van der Waals surface area contributed by atoms with Gasteiger partial charge in [0, 0.05) is 20.8 Å². The summed E-state index contributed by atoms with van der Waals surface area (Å²) in [5.41, 5.74) is 0.409. The van der Waals surface area contributed by atoms with Crippen molar-refractivity contribution in [2.24, 2.45) is 11.8 Å². The molecular weight excluding hydrogens is 270 g/mol. The maximum Gasteiger partial charge on any atom is 0.0360 e. The van der Waals surface area contributed by atoms with E-state index in [1.165, 1.54) is 30.8 Å². The van der Waals surface area contributed by atoms with Gasteiger partial charge in [-0.1, -0.05) is 0 Å². The summed E-state index contributed by atoms with van der Waals surface area (Å²) >= 11 is 2.28. The average Bonchev–Trinajstić information content (AvgIpc) is 3.02. The molecule has 0 aromatic rings. The van der Waals surface area contributed by atoms with Crippen LogP contribution >= 0.6 is 22.0 Å². The molecule has 5 unspecified atom stereocenters. The lowest BCUT2D eigenvalue weighted by Gasteiger charge is -2.49. The van der Waals surface area contributed by atoms with Crippen molar-refractivity contribution in [3.63, 3.8) is 0 Å². The molecule has 3 heterocycles. The van der Waals surface area contributed by atoms with Gasteiger partial charge in [-0.25, -0.2) is 0 Å². The maximum atomic E-state index is 2.93. The predicted octanol–water partition coefficient (Wildman–Crippen LogP) is 4.12. The summed E-state index contributed by atoms with van der Waals surface area (Å²) in [4.78, 5) is 0. The Hall–Kier alpha value is 0.660. The fraction of sp³-hybridized carbons (Fsp3) is 1.00. The Kier molecular flexibility index (Phi) is 2.60. The molecule has 3 heteroatoms. The van der Waals surface area contributed by atoms with E-state index in [9.17, 15) is 0 Å². The van der Waals surface area contributed by atoms with Crippen molar-refractivity contribution in [2.45, 2.75) is 67.7 Å². The largest absolute Gasteiger partial charge is 0.263 e. The fourth-order valence-corrected chi connectivity index (χ4v) is 13.7. The molecule has 0 radical (unpaired) electrons. The Labute approximate surface area is 124 Å². The second kappa shape index (κ2) is 3.70. The van der Waals surface area contributed by atoms with Gasteiger partial charge < -0.3 is 0 Å². The molecule has 4 aliphatic rings. The van der Waals surface area contributed by atoms with Crippen LogP contribution in [-0.2, 0) is 0 Å². The SMILES string of the molecule is CN(C(C)(C)C1SCC2CC21)S12CCCC1C2(C)C. The maximum absolute atomic E-state index is 2.93. The fourth-order valence-electron chi connectivity index (χ4n) is 5.38. The number of fused-ring (bicyclic) bond motifs is 2. The van der Waals surface area contributed by atoms with Crippen LogP contribution in [0.1, 0.15) is 47.0 Å². The molecule has 0 N–H and O–H groups in total. The molecule has 1 saturated carbocycles. The second-order valence-electron chi connectivity index (χ2n) is 8.26. The quantitative estimate of drug-likeness (QED) is 0.721. The molecule has 5 atom stereocenters. The zero-order valence-electron chi connectivity index (χ0n) is 13.1. The molecule has 0 spiro atoms. The van der Waals surface area contributed by atoms with E-state index in [0.717, 1.165) is 22.3 Å². The van der Waals surface area contributed by atoms with Gasteiger partial charge >= 0.3 is 0 Å². The highest BCUT2D eigenvalue weighted by molar-refractivity contribution is 8.39. The van der Waals surface area contributed by atoms with Crippen molar-refractivity contribution in [2.75, 3.05) is 18.6 Å². The van der Waals surface area contributed by atoms with Gasteiger partial charge in [-0.2, -0.15) is 22.0 Å². The summed E-state index contributed by atoms with van der Waals surface area (Å²) in [7, 11) is 2.01. The van der Waals surface area contributed by atoms with Gasteiger partial charge in [0.25, 0.3) is 0 Å². The van der Waals surface area contributed by atoms with Crippen LogP contribution in [0.3, 0.4) is 0 Å². The van der Waals surface area contributed by atoms with Gasteiger partial charge in [-0.05, 0) is 77.3 Å². The Morgan fingerprint density at radius 1 is 1.32 bits per heavy atom. The van der Waals surface area contributed by atoms with Crippen LogP contribution in [0.5, 0.6) is 0 Å². The zero-order chi connectivity index (χ0) is 13.6. The topological polar surface area (TPSA) is 3.24 Å². The number of hydrogen-bond donors (Lipinski definition) is 0. The van der Waals surface area contributed by atoms with E-state index in [2.05, 4.69) is 50.8 Å². The Morgan fingerprint density at radius 3 is 2.53 bits per heavy atom. The van der Waals surface area contributed by atoms with Gasteiger partial charge in [0.15, 0.2) is 0 Å². The summed E-state index contributed by atoms with van der Waals surface area (Å²) in [6.07, 6.45) is 4.53. The summed E-state index contributed by atoms with van der Waals surface area (Å²) in [6.45, 7) is 10.2. The summed E-state index contributed by atoms with van der Waals surface area (Å²) in [5.74, 6) is 5.11. The van der Waals surface area contributed by atoms with Crippen LogP contribution in [-0.4, -0.2) is 43.6 Å². The van der Waals surface area contributed by atoms with Crippen molar-refractivity contribution in [3.05, 3.63) is 0 Å². The molecule has 4 rings (SSSR count). The van der Waals surface area contributed by atoms with Crippen molar-refractivity contribution >= 4 is 22.0 Å². The molecule has 3 aliphatic heterocycles. The minimum Gasteiger partial charge on any atom is -0.263 e. The molecular formula is C16H29NS2. The van der Waals surface area contributed by atoms with Gasteiger partial charge in [0.1, 0.15) is 0 Å². The van der Waals surface area contributed by atoms with E-state index in [1.807, 2.05) is 0 Å². The molecule has 110 valence electrons. The molecule has 4 fully saturated rings. The first-order chi connectivity index (χ1) is 8.83. The van der Waals surface area contributed by atoms with Crippen molar-refractivity contribution < 1.29 is 0 Å². The monoisotopic (exact) mass is 299 g/mol. The lowest BCUT2D eigenvalue weighted by molar-refractivity contribution is 0.262. The van der Waals surface area contributed by atoms with Crippen molar-refractivity contribution in [1.29, 1.82) is 0 Å². The Morgan fingerprint density at radius 2 is 2.05 bits per heavy atom. The van der Waals surface area contributed by atoms with Crippen molar-refractivity contribution in [3.8, 4) is 0 Å². The van der Waals surface area contributed by atoms with E-state index >= 15 is 0 Å². The van der Waals surface area contributed by atoms with Crippen LogP contribution in [0, 0.1) is 11.8 Å². The highest BCUT2D eigenvalue weighted by atomic mass is 32.3. The number of rotatable bonds is 3. The van der Waals surface area contributed by atoms with Gasteiger partial charge in [-0.15, -0.1) is 0 Å². The number of hydrogen-bond acceptors (Lipinski definition) is 2. The predicted molar refractivity (Wildman–Crippen MR) is 89.2 cm³/mol. The Balaban J connectivity index is 1.61. The zero-order valence-corrected chi connectivity index (χ0v) is 14.7. The third-order valence-corrected chi connectivity index (χ3v) is 14.8. The van der Waals surface area contributed by atoms with E-state index < -0.39 is 10.2 Å². The molecule has 1 nitrogen and oxygen atoms in total. The minimum atomic E-state index is -0.474. The smallest absolute Gasteiger partial charge is 0.0360 e. The number of thioether (sulfide) groups is 1. The number of nitrogens with zero attached hydrogens (tertiary/aromatic N) is 1. The minimum absolute atomic E-state index is 0.409. The van der Waals surface area contributed by atoms with E-state index in [4.69, 9.17) is 0 Å². The lowest BCUT2D eigenvalue weighted by atomic mass is 9.96. The first kappa shape index (κ1) is 13.3. The first-order valence-corrected chi connectivity index (χ1v) is 10.9. The molecule has 0 bridgehead atoms. The average molecular weight is 300 g/mol. The summed E-state index contributed by atoms with van der Waals surface area (Å²) < 4.78 is 3.57. The molecule has 0 aromatic heterocycles. The summed E-state index contributed by atoms with van der Waals surface area (Å²) in [5, 5.41) is 1.95. The Bertz CT molecular complexity index is 419. The molecule has 19 heavy (non-hydrogen) atoms. The van der Waals surface area contributed by atoms with Gasteiger partial charge in [-0.3, -0.25) is 4.31 Å². The molecule has 1 aliphatic carbocycles. The van der Waals surface area contributed by atoms with Crippen molar-refractivity contribution in [1.82, 2.24) is 4.31 Å². The third-order valence-electron chi connectivity index (χ3n) is 6.87. The molecule has 0 amide bonds. The van der Waals surface area contributed by atoms with Crippen LogP contribution < -0.4 is 0 Å². The van der Waals surface area contributed by atoms with Crippen LogP contribution in [0.2, 0.25) is 0 Å². The van der Waals surface area contributed by atoms with Gasteiger partial charge in [0.2, 0.25) is 0 Å². The third kappa shape index (κ3) is 1.46. The highest BCUT2D eigenvalue weighted by Gasteiger charge is 2.72. The molecule has 0 aromatic carbocycles. The van der Waals surface area contributed by atoms with E-state index in [1.54, 1.807) is 0 Å². The highest BCUT2D eigenvalue weighted by Crippen LogP contribution is 2.88. The second-order valence-corrected chi connectivity index (χ2v) is 13.5. The standard InChI is InChI=1S/C16H29NS2/c1-15(2,14-12-9-11(12)10-18-14)17(5)19-8-6-7-13(19)16(19,3)4/h11-14H,6-10H2,1-5H3. The lowest BCUT2D eigenvalue weighted by Crippen LogP contribution is -2.49. The molecule has 3 saturated heterocycles. The van der Waals surface area contributed by atoms with E-state index in [-0.39, 0.29) is 0 Å².